The zero-order valence-corrected chi connectivity index (χ0v) is 14.8. The summed E-state index contributed by atoms with van der Waals surface area (Å²) in [6, 6.07) is 8.89. The van der Waals surface area contributed by atoms with Gasteiger partial charge in [-0.15, -0.1) is 0 Å². The number of benzene rings is 1. The second-order valence-corrected chi connectivity index (χ2v) is 6.51. The summed E-state index contributed by atoms with van der Waals surface area (Å²) in [4.78, 5) is 12.9. The van der Waals surface area contributed by atoms with Crippen molar-refractivity contribution in [2.24, 2.45) is 0 Å². The molecular weight excluding hydrogens is 358 g/mol. The van der Waals surface area contributed by atoms with Crippen molar-refractivity contribution in [3.05, 3.63) is 47.5 Å². The van der Waals surface area contributed by atoms with E-state index in [2.05, 4.69) is 19.8 Å². The summed E-state index contributed by atoms with van der Waals surface area (Å²) in [5, 5.41) is 0. The average Bonchev–Trinajstić information content (AvgIpc) is 2.95. The topological polar surface area (TPSA) is 42.1 Å². The maximum atomic E-state index is 13.4. The van der Waals surface area contributed by atoms with Gasteiger partial charge in [0, 0.05) is 38.6 Å². The first-order chi connectivity index (χ1) is 12.6. The number of anilines is 1. The van der Waals surface area contributed by atoms with Crippen LogP contribution in [0.3, 0.4) is 0 Å². The van der Waals surface area contributed by atoms with Gasteiger partial charge in [0.05, 0.1) is 17.7 Å². The molecule has 26 heavy (non-hydrogen) atoms. The molecule has 0 spiro atoms. The van der Waals surface area contributed by atoms with Crippen LogP contribution in [0, 0.1) is 4.77 Å². The van der Waals surface area contributed by atoms with E-state index in [-0.39, 0.29) is 4.77 Å². The highest BCUT2D eigenvalue weighted by Crippen LogP contribution is 2.24. The van der Waals surface area contributed by atoms with Crippen LogP contribution in [0.15, 0.2) is 42.7 Å². The van der Waals surface area contributed by atoms with Gasteiger partial charge in [-0.05, 0) is 30.4 Å². The number of rotatable bonds is 4. The predicted octanol–water partition coefficient (Wildman–Crippen LogP) is 3.14. The Morgan fingerprint density at radius 1 is 0.962 bits per heavy atom. The summed E-state index contributed by atoms with van der Waals surface area (Å²) in [5.74, 6) is 0.720. The van der Waals surface area contributed by atoms with Crippen molar-refractivity contribution >= 4 is 29.2 Å². The fourth-order valence-corrected chi connectivity index (χ4v) is 3.64. The van der Waals surface area contributed by atoms with Crippen LogP contribution in [0.1, 0.15) is 6.55 Å². The normalized spacial score (nSPS) is 15.9. The van der Waals surface area contributed by atoms with E-state index in [1.54, 1.807) is 35.2 Å². The highest BCUT2D eigenvalue weighted by molar-refractivity contribution is 7.71. The number of halogens is 2. The van der Waals surface area contributed by atoms with Gasteiger partial charge in [0.2, 0.25) is 5.95 Å². The molecule has 0 unspecified atom stereocenters. The lowest BCUT2D eigenvalue weighted by Crippen LogP contribution is -2.47. The first-order valence-electron chi connectivity index (χ1n) is 8.37. The maximum absolute atomic E-state index is 13.4. The highest BCUT2D eigenvalue weighted by Gasteiger charge is 2.22. The van der Waals surface area contributed by atoms with Crippen molar-refractivity contribution in [1.82, 2.24) is 24.0 Å². The predicted molar refractivity (Wildman–Crippen MR) is 97.8 cm³/mol. The molecule has 0 radical (unpaired) electrons. The summed E-state index contributed by atoms with van der Waals surface area (Å²) in [7, 11) is 0. The van der Waals surface area contributed by atoms with Crippen LogP contribution in [-0.4, -0.2) is 50.2 Å². The Morgan fingerprint density at radius 3 is 2.27 bits per heavy atom. The molecule has 0 aliphatic carbocycles. The molecule has 1 fully saturated rings. The summed E-state index contributed by atoms with van der Waals surface area (Å²) in [5.41, 5.74) is 1.19. The molecule has 2 aromatic heterocycles. The fraction of sp³-hybridized carbons (Fsp3) is 0.353. The molecule has 0 N–H and O–H groups in total. The number of hydrogen-bond acceptors (Lipinski definition) is 5. The number of nitrogens with zero attached hydrogens (tertiary/aromatic N) is 6. The van der Waals surface area contributed by atoms with Crippen molar-refractivity contribution in [1.29, 1.82) is 0 Å². The van der Waals surface area contributed by atoms with Gasteiger partial charge >= 0.3 is 6.55 Å². The Balaban J connectivity index is 1.54. The van der Waals surface area contributed by atoms with Crippen molar-refractivity contribution in [2.45, 2.75) is 13.2 Å². The Bertz CT molecular complexity index is 947. The van der Waals surface area contributed by atoms with Gasteiger partial charge < -0.3 is 9.47 Å². The lowest BCUT2D eigenvalue weighted by molar-refractivity contribution is 0.0715. The van der Waals surface area contributed by atoms with E-state index < -0.39 is 6.55 Å². The van der Waals surface area contributed by atoms with Crippen molar-refractivity contribution in [2.75, 3.05) is 31.1 Å². The Morgan fingerprint density at radius 2 is 1.62 bits per heavy atom. The Labute approximate surface area is 154 Å². The molecule has 6 nitrogen and oxygen atoms in total. The summed E-state index contributed by atoms with van der Waals surface area (Å²) in [6.07, 6.45) is 3.46. The van der Waals surface area contributed by atoms with Crippen LogP contribution in [0.2, 0.25) is 0 Å². The zero-order chi connectivity index (χ0) is 18.1. The third kappa shape index (κ3) is 3.08. The number of fused-ring (bicyclic) bond motifs is 1. The van der Waals surface area contributed by atoms with Gasteiger partial charge in [-0.2, -0.15) is 8.78 Å². The zero-order valence-electron chi connectivity index (χ0n) is 14.0. The van der Waals surface area contributed by atoms with Gasteiger partial charge in [0.1, 0.15) is 0 Å². The molecule has 0 saturated carbocycles. The van der Waals surface area contributed by atoms with Crippen molar-refractivity contribution in [3.8, 4) is 0 Å². The largest absolute Gasteiger partial charge is 0.338 e. The average molecular weight is 376 g/mol. The number of piperazine rings is 1. The monoisotopic (exact) mass is 376 g/mol. The molecule has 4 rings (SSSR count). The lowest BCUT2D eigenvalue weighted by Gasteiger charge is -2.34. The quantitative estimate of drug-likeness (QED) is 0.655. The highest BCUT2D eigenvalue weighted by atomic mass is 32.1. The van der Waals surface area contributed by atoms with E-state index in [0.29, 0.717) is 12.2 Å². The second kappa shape index (κ2) is 7.08. The maximum Gasteiger partial charge on any atom is 0.321 e. The summed E-state index contributed by atoms with van der Waals surface area (Å²) in [6.45, 7) is 0.974. The summed E-state index contributed by atoms with van der Waals surface area (Å²) < 4.78 is 29.7. The van der Waals surface area contributed by atoms with E-state index in [1.807, 2.05) is 12.1 Å². The summed E-state index contributed by atoms with van der Waals surface area (Å²) >= 11 is 5.33. The Kier molecular flexibility index (Phi) is 4.64. The lowest BCUT2D eigenvalue weighted by atomic mass is 10.3. The van der Waals surface area contributed by atoms with Crippen molar-refractivity contribution in [3.63, 3.8) is 0 Å². The molecule has 3 heterocycles. The van der Waals surface area contributed by atoms with Gasteiger partial charge in [0.15, 0.2) is 4.77 Å². The van der Waals surface area contributed by atoms with E-state index in [9.17, 15) is 8.78 Å². The molecule has 3 aromatic rings. The third-order valence-electron chi connectivity index (χ3n) is 4.61. The third-order valence-corrected chi connectivity index (χ3v) is 5.03. The van der Waals surface area contributed by atoms with Crippen LogP contribution >= 0.6 is 12.2 Å². The standard InChI is InChI=1S/C17H18F2N6S/c18-15(19)25-14-5-2-1-4-13(14)24(17(25)26)12-22-8-10-23(11-9-22)16-20-6-3-7-21-16/h1-7,15H,8-12H2. The van der Waals surface area contributed by atoms with E-state index >= 15 is 0 Å². The van der Waals surface area contributed by atoms with E-state index in [0.717, 1.165) is 42.2 Å². The van der Waals surface area contributed by atoms with E-state index in [4.69, 9.17) is 12.2 Å². The van der Waals surface area contributed by atoms with Gasteiger partial charge in [-0.25, -0.2) is 9.97 Å². The second-order valence-electron chi connectivity index (χ2n) is 6.14. The molecule has 1 aliphatic rings. The molecule has 136 valence electrons. The minimum atomic E-state index is -2.65. The van der Waals surface area contributed by atoms with Crippen LogP contribution in [0.4, 0.5) is 14.7 Å². The first-order valence-corrected chi connectivity index (χ1v) is 8.78. The first kappa shape index (κ1) is 17.0. The van der Waals surface area contributed by atoms with Gasteiger partial charge in [-0.3, -0.25) is 9.47 Å². The van der Waals surface area contributed by atoms with Crippen LogP contribution in [0.5, 0.6) is 0 Å². The number of para-hydroxylation sites is 2. The molecule has 1 aromatic carbocycles. The van der Waals surface area contributed by atoms with Crippen LogP contribution < -0.4 is 4.90 Å². The smallest absolute Gasteiger partial charge is 0.321 e. The molecule has 0 atom stereocenters. The van der Waals surface area contributed by atoms with Gasteiger partial charge in [0.25, 0.3) is 0 Å². The fourth-order valence-electron chi connectivity index (χ4n) is 3.30. The van der Waals surface area contributed by atoms with Crippen molar-refractivity contribution < 1.29 is 8.78 Å². The SMILES string of the molecule is FC(F)n1c(=S)n(CN2CCN(c3ncccn3)CC2)c2ccccc21. The molecule has 1 aliphatic heterocycles. The van der Waals surface area contributed by atoms with Crippen LogP contribution in [0.25, 0.3) is 11.0 Å². The number of hydrogen-bond donors (Lipinski definition) is 0. The molecular formula is C17H18F2N6S. The minimum absolute atomic E-state index is 0.148. The number of imidazole rings is 1. The van der Waals surface area contributed by atoms with Gasteiger partial charge in [-0.1, -0.05) is 12.1 Å². The minimum Gasteiger partial charge on any atom is -0.338 e. The molecule has 0 bridgehead atoms. The number of aromatic nitrogens is 4. The van der Waals surface area contributed by atoms with Crippen LogP contribution in [-0.2, 0) is 6.67 Å². The molecule has 0 amide bonds. The van der Waals surface area contributed by atoms with E-state index in [1.165, 1.54) is 0 Å². The number of alkyl halides is 2. The molecule has 9 heteroatoms. The molecule has 1 saturated heterocycles. The Hall–Kier alpha value is -2.39.